The van der Waals surface area contributed by atoms with Crippen LogP contribution in [0.25, 0.3) is 0 Å². The van der Waals surface area contributed by atoms with Gasteiger partial charge in [0.2, 0.25) is 17.7 Å². The number of aromatic nitrogens is 1. The number of aromatic hydroxyl groups is 1. The lowest BCUT2D eigenvalue weighted by Crippen LogP contribution is -2.33. The molecule has 0 radical (unpaired) electrons. The zero-order valence-electron chi connectivity index (χ0n) is 23.1. The maximum absolute atomic E-state index is 14.0. The molecule has 0 bridgehead atoms. The Hall–Kier alpha value is -4.06. The number of nitrogens with zero attached hydrogens (tertiary/aromatic N) is 2. The number of rotatable bonds is 7. The average molecular weight is 636 g/mol. The van der Waals surface area contributed by atoms with Gasteiger partial charge in [0.05, 0.1) is 23.2 Å². The van der Waals surface area contributed by atoms with E-state index in [9.17, 15) is 24.3 Å². The van der Waals surface area contributed by atoms with Crippen molar-refractivity contribution in [1.29, 1.82) is 0 Å². The summed E-state index contributed by atoms with van der Waals surface area (Å²) < 4.78 is 6.98. The number of phenolic OH excluding ortho intramolecular Hbond substituents is 1. The lowest BCUT2D eigenvalue weighted by molar-refractivity contribution is -0.122. The molecule has 220 valence electrons. The Labute approximate surface area is 260 Å². The zero-order chi connectivity index (χ0) is 30.4. The average Bonchev–Trinajstić information content (AvgIpc) is 3.42. The van der Waals surface area contributed by atoms with Crippen LogP contribution in [0.4, 0.5) is 11.4 Å². The van der Waals surface area contributed by atoms with E-state index < -0.39 is 34.8 Å². The molecule has 43 heavy (non-hydrogen) atoms. The number of thioether (sulfide) groups is 1. The van der Waals surface area contributed by atoms with Crippen molar-refractivity contribution in [2.24, 2.45) is 5.92 Å². The van der Waals surface area contributed by atoms with Gasteiger partial charge in [-0.3, -0.25) is 23.7 Å². The monoisotopic (exact) mass is 635 g/mol. The van der Waals surface area contributed by atoms with Crippen LogP contribution in [0.2, 0.25) is 5.02 Å². The predicted molar refractivity (Wildman–Crippen MR) is 167 cm³/mol. The van der Waals surface area contributed by atoms with E-state index in [0.717, 1.165) is 28.7 Å². The maximum Gasteiger partial charge on any atom is 0.308 e. The van der Waals surface area contributed by atoms with Gasteiger partial charge in [-0.15, -0.1) is 0 Å². The second-order valence-corrected chi connectivity index (χ2v) is 12.8. The van der Waals surface area contributed by atoms with Crippen molar-refractivity contribution in [1.82, 2.24) is 4.57 Å². The summed E-state index contributed by atoms with van der Waals surface area (Å²) in [5.41, 5.74) is 2.64. The Morgan fingerprint density at radius 2 is 1.74 bits per heavy atom. The molecule has 0 saturated carbocycles. The van der Waals surface area contributed by atoms with E-state index in [1.807, 2.05) is 19.1 Å². The van der Waals surface area contributed by atoms with Crippen LogP contribution in [-0.4, -0.2) is 39.3 Å². The van der Waals surface area contributed by atoms with Gasteiger partial charge in [0.1, 0.15) is 11.8 Å². The number of hydrogen-bond donors (Lipinski definition) is 2. The Kier molecular flexibility index (Phi) is 7.80. The van der Waals surface area contributed by atoms with Crippen LogP contribution in [-0.2, 0) is 20.9 Å². The van der Waals surface area contributed by atoms with Crippen molar-refractivity contribution in [3.05, 3.63) is 97.4 Å². The van der Waals surface area contributed by atoms with E-state index in [4.69, 9.17) is 16.3 Å². The second-order valence-electron chi connectivity index (χ2n) is 10.2. The first-order valence-electron chi connectivity index (χ1n) is 13.5. The van der Waals surface area contributed by atoms with Crippen LogP contribution in [0, 0.1) is 12.8 Å². The largest absolute Gasteiger partial charge is 0.504 e. The number of carbonyl (C=O) groups is 3. The van der Waals surface area contributed by atoms with Crippen LogP contribution in [0.15, 0.2) is 76.6 Å². The molecule has 3 amide bonds. The Morgan fingerprint density at radius 1 is 1.02 bits per heavy atom. The second kappa shape index (κ2) is 11.6. The molecule has 2 aliphatic rings. The topological polar surface area (TPSA) is 118 Å². The number of ether oxygens (including phenoxy) is 1. The Bertz CT molecular complexity index is 1800. The first-order chi connectivity index (χ1) is 20.7. The molecular weight excluding hydrogens is 610 g/mol. The maximum atomic E-state index is 14.0. The summed E-state index contributed by atoms with van der Waals surface area (Å²) >= 11 is 8.14. The van der Waals surface area contributed by atoms with Crippen LogP contribution < -0.4 is 19.8 Å². The molecule has 6 rings (SSSR count). The molecule has 12 heteroatoms. The summed E-state index contributed by atoms with van der Waals surface area (Å²) in [6.07, 6.45) is 0. The highest BCUT2D eigenvalue weighted by Gasteiger charge is 2.57. The molecule has 2 unspecified atom stereocenters. The smallest absolute Gasteiger partial charge is 0.308 e. The van der Waals surface area contributed by atoms with E-state index >= 15 is 0 Å². The molecule has 3 aromatic carbocycles. The number of aryl methyl sites for hydroxylation is 1. The van der Waals surface area contributed by atoms with Gasteiger partial charge in [0, 0.05) is 21.5 Å². The number of hydrogen-bond acceptors (Lipinski definition) is 8. The Morgan fingerprint density at radius 3 is 2.44 bits per heavy atom. The lowest BCUT2D eigenvalue weighted by atomic mass is 9.83. The molecule has 3 heterocycles. The molecule has 1 aromatic heterocycles. The fraction of sp³-hybridized carbons (Fsp3) is 0.226. The van der Waals surface area contributed by atoms with Crippen LogP contribution in [0.5, 0.6) is 11.5 Å². The predicted octanol–water partition coefficient (Wildman–Crippen LogP) is 5.41. The first-order valence-corrected chi connectivity index (χ1v) is 15.6. The van der Waals surface area contributed by atoms with Crippen molar-refractivity contribution in [2.75, 3.05) is 16.8 Å². The molecule has 4 aromatic rings. The standard InChI is InChI=1S/C31H26ClN3O6S2/c1-3-41-22-14-17(6-13-21(22)36)24-25-26(29(39)35(28(25)38)20-11-7-18(32)8-12-20)42-30-27(24)43-31(40)34(30)15-23(37)33-19-9-4-16(2)5-10-19/h4-14,24-26,36H,3,15H2,1-2H3,(H,33,37)/t24-,25?,26?/m0/s1. The highest BCUT2D eigenvalue weighted by molar-refractivity contribution is 8.00. The molecule has 2 aliphatic heterocycles. The summed E-state index contributed by atoms with van der Waals surface area (Å²) in [6, 6.07) is 18.5. The fourth-order valence-corrected chi connectivity index (χ4v) is 8.33. The minimum atomic E-state index is -0.856. The summed E-state index contributed by atoms with van der Waals surface area (Å²) in [6.45, 7) is 3.77. The van der Waals surface area contributed by atoms with Crippen LogP contribution in [0.3, 0.4) is 0 Å². The van der Waals surface area contributed by atoms with Crippen LogP contribution in [0.1, 0.15) is 28.8 Å². The SMILES string of the molecule is CCOc1cc([C@@H]2c3sc(=O)n(CC(=O)Nc4ccc(C)cc4)c3SC3C(=O)N(c4ccc(Cl)cc4)C(=O)C32)ccc1O. The third-order valence-electron chi connectivity index (χ3n) is 7.41. The quantitative estimate of drug-likeness (QED) is 0.261. The molecule has 1 fully saturated rings. The van der Waals surface area contributed by atoms with E-state index in [1.54, 1.807) is 55.5 Å². The van der Waals surface area contributed by atoms with Gasteiger partial charge in [-0.1, -0.05) is 58.5 Å². The molecular formula is C31H26ClN3O6S2. The number of thiazole rings is 1. The minimum absolute atomic E-state index is 0.0669. The number of nitrogens with one attached hydrogen (secondary N) is 1. The van der Waals surface area contributed by atoms with E-state index in [2.05, 4.69) is 5.32 Å². The molecule has 3 atom stereocenters. The summed E-state index contributed by atoms with van der Waals surface area (Å²) in [5, 5.41) is 13.3. The number of benzene rings is 3. The normalized spacial score (nSPS) is 19.2. The fourth-order valence-electron chi connectivity index (χ4n) is 5.44. The number of amides is 3. The number of halogens is 1. The van der Waals surface area contributed by atoms with Gasteiger partial charge < -0.3 is 15.2 Å². The van der Waals surface area contributed by atoms with Crippen molar-refractivity contribution in [2.45, 2.75) is 36.6 Å². The zero-order valence-corrected chi connectivity index (χ0v) is 25.5. The van der Waals surface area contributed by atoms with E-state index in [1.165, 1.54) is 15.5 Å². The summed E-state index contributed by atoms with van der Waals surface area (Å²) in [7, 11) is 0. The third-order valence-corrected chi connectivity index (χ3v) is 10.3. The third kappa shape index (κ3) is 5.32. The van der Waals surface area contributed by atoms with Crippen molar-refractivity contribution in [3.63, 3.8) is 0 Å². The van der Waals surface area contributed by atoms with Gasteiger partial charge in [-0.2, -0.15) is 0 Å². The highest BCUT2D eigenvalue weighted by Crippen LogP contribution is 2.54. The minimum Gasteiger partial charge on any atom is -0.504 e. The van der Waals surface area contributed by atoms with Gasteiger partial charge >= 0.3 is 4.87 Å². The number of carbonyl (C=O) groups excluding carboxylic acids is 3. The van der Waals surface area contributed by atoms with Gasteiger partial charge in [-0.05, 0) is 67.9 Å². The first kappa shape index (κ1) is 29.0. The molecule has 9 nitrogen and oxygen atoms in total. The van der Waals surface area contributed by atoms with Crippen molar-refractivity contribution in [3.8, 4) is 11.5 Å². The molecule has 0 spiro atoms. The number of phenols is 1. The van der Waals surface area contributed by atoms with Crippen molar-refractivity contribution >= 4 is 63.8 Å². The van der Waals surface area contributed by atoms with Gasteiger partial charge in [-0.25, -0.2) is 4.90 Å². The van der Waals surface area contributed by atoms with Gasteiger partial charge in [0.25, 0.3) is 0 Å². The summed E-state index contributed by atoms with van der Waals surface area (Å²) in [5.74, 6) is -2.60. The summed E-state index contributed by atoms with van der Waals surface area (Å²) in [4.78, 5) is 55.7. The van der Waals surface area contributed by atoms with Crippen LogP contribution >= 0.6 is 34.7 Å². The number of anilines is 2. The molecule has 2 N–H and O–H groups in total. The lowest BCUT2D eigenvalue weighted by Gasteiger charge is -2.31. The highest BCUT2D eigenvalue weighted by atomic mass is 35.5. The van der Waals surface area contributed by atoms with Gasteiger partial charge in [0.15, 0.2) is 11.5 Å². The number of imide groups is 1. The Balaban J connectivity index is 1.43. The van der Waals surface area contributed by atoms with Crippen molar-refractivity contribution < 1.29 is 24.2 Å². The number of fused-ring (bicyclic) bond motifs is 2. The molecule has 0 aliphatic carbocycles. The van der Waals surface area contributed by atoms with E-state index in [0.29, 0.717) is 38.5 Å². The molecule has 1 saturated heterocycles. The van der Waals surface area contributed by atoms with E-state index in [-0.39, 0.29) is 22.9 Å².